The molecule has 0 unspecified atom stereocenters. The molecule has 0 spiro atoms. The van der Waals surface area contributed by atoms with E-state index in [1.807, 2.05) is 23.1 Å². The van der Waals surface area contributed by atoms with Gasteiger partial charge in [-0.05, 0) is 54.8 Å². The van der Waals surface area contributed by atoms with Gasteiger partial charge in [0.25, 0.3) is 0 Å². The van der Waals surface area contributed by atoms with Crippen LogP contribution < -0.4 is 15.0 Å². The minimum absolute atomic E-state index is 0.000704. The summed E-state index contributed by atoms with van der Waals surface area (Å²) in [5.74, 6) is -0.00953. The summed E-state index contributed by atoms with van der Waals surface area (Å²) in [5, 5.41) is 3.47. The molecule has 29 heavy (non-hydrogen) atoms. The Morgan fingerprint density at radius 1 is 1.24 bits per heavy atom. The first-order valence-electron chi connectivity index (χ1n) is 9.16. The van der Waals surface area contributed by atoms with E-state index < -0.39 is 10.0 Å². The highest BCUT2D eigenvalue weighted by atomic mass is 35.5. The van der Waals surface area contributed by atoms with Crippen molar-refractivity contribution in [2.45, 2.75) is 17.7 Å². The van der Waals surface area contributed by atoms with Crippen LogP contribution in [-0.2, 0) is 21.2 Å². The summed E-state index contributed by atoms with van der Waals surface area (Å²) >= 11 is 6.08. The van der Waals surface area contributed by atoms with E-state index in [1.165, 1.54) is 33.3 Å². The van der Waals surface area contributed by atoms with E-state index in [4.69, 9.17) is 16.3 Å². The summed E-state index contributed by atoms with van der Waals surface area (Å²) in [5.41, 5.74) is 2.52. The number of ether oxygens (including phenoxy) is 1. The molecule has 0 radical (unpaired) electrons. The Morgan fingerprint density at radius 3 is 2.69 bits per heavy atom. The second kappa shape index (κ2) is 8.61. The number of carbonyl (C=O) groups excluding carboxylic acids is 1. The van der Waals surface area contributed by atoms with Crippen molar-refractivity contribution in [3.05, 3.63) is 47.0 Å². The molecule has 0 saturated heterocycles. The smallest absolute Gasteiger partial charge is 0.246 e. The van der Waals surface area contributed by atoms with Crippen LogP contribution in [0.15, 0.2) is 41.3 Å². The zero-order chi connectivity index (χ0) is 21.2. The van der Waals surface area contributed by atoms with Gasteiger partial charge in [0.05, 0.1) is 13.7 Å². The molecule has 0 atom stereocenters. The number of amides is 1. The number of nitrogens with one attached hydrogen (secondary N) is 1. The van der Waals surface area contributed by atoms with Crippen LogP contribution in [0.2, 0.25) is 5.02 Å². The average molecular weight is 438 g/mol. The maximum absolute atomic E-state index is 12.6. The number of hydrogen-bond acceptors (Lipinski definition) is 5. The van der Waals surface area contributed by atoms with Gasteiger partial charge in [0.2, 0.25) is 15.9 Å². The van der Waals surface area contributed by atoms with Gasteiger partial charge in [-0.1, -0.05) is 11.6 Å². The molecule has 156 valence electrons. The number of fused-ring (bicyclic) bond motifs is 1. The van der Waals surface area contributed by atoms with Gasteiger partial charge < -0.3 is 15.0 Å². The van der Waals surface area contributed by atoms with Gasteiger partial charge in [0.1, 0.15) is 10.6 Å². The van der Waals surface area contributed by atoms with Crippen LogP contribution in [-0.4, -0.2) is 52.9 Å². The van der Waals surface area contributed by atoms with Crippen LogP contribution in [0, 0.1) is 0 Å². The van der Waals surface area contributed by atoms with E-state index in [9.17, 15) is 13.2 Å². The number of rotatable bonds is 6. The van der Waals surface area contributed by atoms with E-state index in [2.05, 4.69) is 5.32 Å². The monoisotopic (exact) mass is 437 g/mol. The molecular formula is C20H24ClN3O4S. The minimum Gasteiger partial charge on any atom is -0.495 e. The highest BCUT2D eigenvalue weighted by molar-refractivity contribution is 7.89. The molecule has 1 aliphatic rings. The fourth-order valence-electron chi connectivity index (χ4n) is 3.33. The van der Waals surface area contributed by atoms with Crippen LogP contribution >= 0.6 is 11.6 Å². The van der Waals surface area contributed by atoms with Gasteiger partial charge in [-0.15, -0.1) is 0 Å². The van der Waals surface area contributed by atoms with Gasteiger partial charge in [-0.3, -0.25) is 4.79 Å². The van der Waals surface area contributed by atoms with Crippen molar-refractivity contribution in [2.24, 2.45) is 0 Å². The van der Waals surface area contributed by atoms with Gasteiger partial charge in [0, 0.05) is 37.0 Å². The SMILES string of the molecule is COc1ccc(NC(=O)CN2CCCc3cc(Cl)ccc32)cc1S(=O)(=O)N(C)C. The third kappa shape index (κ3) is 4.66. The van der Waals surface area contributed by atoms with Crippen LogP contribution in [0.3, 0.4) is 0 Å². The summed E-state index contributed by atoms with van der Waals surface area (Å²) in [7, 11) is 0.579. The molecule has 1 amide bonds. The van der Waals surface area contributed by atoms with Gasteiger partial charge in [-0.2, -0.15) is 0 Å². The van der Waals surface area contributed by atoms with Crippen molar-refractivity contribution in [3.63, 3.8) is 0 Å². The molecule has 0 fully saturated rings. The minimum atomic E-state index is -3.72. The zero-order valence-corrected chi connectivity index (χ0v) is 18.2. The first-order chi connectivity index (χ1) is 13.7. The Hall–Kier alpha value is -2.29. The van der Waals surface area contributed by atoms with Gasteiger partial charge >= 0.3 is 0 Å². The molecule has 0 bridgehead atoms. The molecule has 9 heteroatoms. The Balaban J connectivity index is 1.79. The number of sulfonamides is 1. The second-order valence-corrected chi connectivity index (χ2v) is 9.56. The molecule has 1 heterocycles. The summed E-state index contributed by atoms with van der Waals surface area (Å²) < 4.78 is 31.4. The van der Waals surface area contributed by atoms with Crippen LogP contribution in [0.4, 0.5) is 11.4 Å². The molecule has 0 aliphatic carbocycles. The quantitative estimate of drug-likeness (QED) is 0.751. The number of nitrogens with zero attached hydrogens (tertiary/aromatic N) is 2. The Labute approximate surface area is 176 Å². The fourth-order valence-corrected chi connectivity index (χ4v) is 4.60. The predicted octanol–water partition coefficient (Wildman–Crippen LogP) is 2.99. The number of carbonyl (C=O) groups is 1. The molecule has 3 rings (SSSR count). The lowest BCUT2D eigenvalue weighted by atomic mass is 10.0. The number of benzene rings is 2. The Kier molecular flexibility index (Phi) is 6.36. The van der Waals surface area contributed by atoms with Crippen LogP contribution in [0.25, 0.3) is 0 Å². The van der Waals surface area contributed by atoms with Gasteiger partial charge in [-0.25, -0.2) is 12.7 Å². The molecule has 0 aromatic heterocycles. The third-order valence-corrected chi connectivity index (χ3v) is 6.87. The van der Waals surface area contributed by atoms with Crippen molar-refractivity contribution >= 4 is 38.9 Å². The highest BCUT2D eigenvalue weighted by Crippen LogP contribution is 2.30. The van der Waals surface area contributed by atoms with Crippen molar-refractivity contribution in [3.8, 4) is 5.75 Å². The van der Waals surface area contributed by atoms with E-state index in [0.717, 1.165) is 34.9 Å². The maximum atomic E-state index is 12.6. The zero-order valence-electron chi connectivity index (χ0n) is 16.6. The van der Waals surface area contributed by atoms with Crippen molar-refractivity contribution in [1.82, 2.24) is 4.31 Å². The van der Waals surface area contributed by atoms with E-state index in [1.54, 1.807) is 6.07 Å². The topological polar surface area (TPSA) is 79.0 Å². The van der Waals surface area contributed by atoms with Crippen LogP contribution in [0.5, 0.6) is 5.75 Å². The number of hydrogen-bond donors (Lipinski definition) is 1. The molecule has 2 aromatic rings. The lowest BCUT2D eigenvalue weighted by molar-refractivity contribution is -0.115. The molecule has 2 aromatic carbocycles. The standard InChI is InChI=1S/C20H24ClN3O4S/c1-23(2)29(26,27)19-12-16(7-9-18(19)28-3)22-20(25)13-24-10-4-5-14-11-15(21)6-8-17(14)24/h6-9,11-12H,4-5,10,13H2,1-3H3,(H,22,25). The predicted molar refractivity (Wildman–Crippen MR) is 114 cm³/mol. The van der Waals surface area contributed by atoms with Gasteiger partial charge in [0.15, 0.2) is 0 Å². The molecular weight excluding hydrogens is 414 g/mol. The third-order valence-electron chi connectivity index (χ3n) is 4.80. The van der Waals surface area contributed by atoms with Crippen LogP contribution in [0.1, 0.15) is 12.0 Å². The van der Waals surface area contributed by atoms with E-state index in [-0.39, 0.29) is 23.1 Å². The summed E-state index contributed by atoms with van der Waals surface area (Å²) in [6.07, 6.45) is 1.87. The Bertz CT molecular complexity index is 1020. The van der Waals surface area contributed by atoms with Crippen molar-refractivity contribution < 1.29 is 17.9 Å². The average Bonchev–Trinajstić information content (AvgIpc) is 2.67. The van der Waals surface area contributed by atoms with E-state index >= 15 is 0 Å². The largest absolute Gasteiger partial charge is 0.495 e. The van der Waals surface area contributed by atoms with E-state index in [0.29, 0.717) is 10.7 Å². The molecule has 7 nitrogen and oxygen atoms in total. The Morgan fingerprint density at radius 2 is 2.00 bits per heavy atom. The second-order valence-electron chi connectivity index (χ2n) is 7.00. The number of aryl methyl sites for hydroxylation is 1. The number of anilines is 2. The molecule has 1 aliphatic heterocycles. The fraction of sp³-hybridized carbons (Fsp3) is 0.350. The van der Waals surface area contributed by atoms with Crippen molar-refractivity contribution in [1.29, 1.82) is 0 Å². The first-order valence-corrected chi connectivity index (χ1v) is 11.0. The lowest BCUT2D eigenvalue weighted by Gasteiger charge is -2.30. The number of methoxy groups -OCH3 is 1. The summed E-state index contributed by atoms with van der Waals surface area (Å²) in [6.45, 7) is 0.932. The summed E-state index contributed by atoms with van der Waals surface area (Å²) in [6, 6.07) is 10.2. The number of halogens is 1. The first kappa shape index (κ1) is 21.4. The molecule has 1 N–H and O–H groups in total. The van der Waals surface area contributed by atoms with Crippen molar-refractivity contribution in [2.75, 3.05) is 44.5 Å². The normalized spacial score (nSPS) is 13.9. The highest BCUT2D eigenvalue weighted by Gasteiger charge is 2.24. The maximum Gasteiger partial charge on any atom is 0.246 e. The molecule has 0 saturated carbocycles. The lowest BCUT2D eigenvalue weighted by Crippen LogP contribution is -2.36. The summed E-state index contributed by atoms with van der Waals surface area (Å²) in [4.78, 5) is 14.6.